The van der Waals surface area contributed by atoms with Gasteiger partial charge < -0.3 is 10.6 Å². The first kappa shape index (κ1) is 14.7. The van der Waals surface area contributed by atoms with Gasteiger partial charge in [0.05, 0.1) is 5.69 Å². The molecule has 6 heteroatoms. The van der Waals surface area contributed by atoms with Gasteiger partial charge in [0.15, 0.2) is 5.13 Å². The van der Waals surface area contributed by atoms with Gasteiger partial charge in [0.1, 0.15) is 0 Å². The fraction of sp³-hybridized carbons (Fsp3) is 0.312. The van der Waals surface area contributed by atoms with Crippen LogP contribution in [0.3, 0.4) is 0 Å². The maximum atomic E-state index is 11.9. The van der Waals surface area contributed by atoms with E-state index in [9.17, 15) is 9.59 Å². The summed E-state index contributed by atoms with van der Waals surface area (Å²) in [5.41, 5.74) is 1.72. The quantitative estimate of drug-likeness (QED) is 0.890. The highest BCUT2D eigenvalue weighted by Crippen LogP contribution is 2.30. The van der Waals surface area contributed by atoms with Crippen LogP contribution in [0.5, 0.6) is 0 Å². The summed E-state index contributed by atoms with van der Waals surface area (Å²) in [5.74, 6) is -0.289. The van der Waals surface area contributed by atoms with Crippen molar-refractivity contribution in [1.29, 1.82) is 0 Å². The first-order valence-electron chi connectivity index (χ1n) is 7.34. The predicted molar refractivity (Wildman–Crippen MR) is 86.2 cm³/mol. The molecule has 1 aromatic carbocycles. The third kappa shape index (κ3) is 3.51. The minimum Gasteiger partial charge on any atom is -0.352 e. The van der Waals surface area contributed by atoms with Gasteiger partial charge in [-0.2, -0.15) is 0 Å². The molecule has 0 atom stereocenters. The normalized spacial score (nSPS) is 12.7. The molecule has 0 spiro atoms. The molecule has 2 aromatic rings. The summed E-state index contributed by atoms with van der Waals surface area (Å²) in [7, 11) is 0. The Kier molecular flexibility index (Phi) is 4.48. The van der Waals surface area contributed by atoms with Gasteiger partial charge >= 0.3 is 0 Å². The van der Waals surface area contributed by atoms with Crippen LogP contribution < -0.4 is 10.6 Å². The molecule has 0 saturated heterocycles. The van der Waals surface area contributed by atoms with Gasteiger partial charge in [-0.05, 0) is 31.4 Å². The second kappa shape index (κ2) is 6.70. The van der Waals surface area contributed by atoms with Crippen LogP contribution in [0, 0.1) is 0 Å². The molecule has 2 N–H and O–H groups in total. The summed E-state index contributed by atoms with van der Waals surface area (Å²) in [6.07, 6.45) is 3.47. The topological polar surface area (TPSA) is 71.1 Å². The van der Waals surface area contributed by atoms with Crippen LogP contribution in [0.2, 0.25) is 0 Å². The molecule has 22 heavy (non-hydrogen) atoms. The van der Waals surface area contributed by atoms with Gasteiger partial charge in [-0.1, -0.05) is 18.2 Å². The van der Waals surface area contributed by atoms with Crippen molar-refractivity contribution >= 4 is 28.3 Å². The highest BCUT2D eigenvalue weighted by Gasteiger charge is 2.17. The fourth-order valence-corrected chi connectivity index (χ4v) is 3.47. The van der Waals surface area contributed by atoms with Gasteiger partial charge in [0.2, 0.25) is 5.91 Å². The fourth-order valence-electron chi connectivity index (χ4n) is 2.41. The van der Waals surface area contributed by atoms with Gasteiger partial charge in [-0.25, -0.2) is 4.98 Å². The molecule has 1 heterocycles. The SMILES string of the molecule is O=C(CCNC(=O)c1ccccc1)Nc1nc2c(s1)CCC2. The van der Waals surface area contributed by atoms with Crippen LogP contribution in [-0.2, 0) is 17.6 Å². The molecule has 2 amide bonds. The summed E-state index contributed by atoms with van der Waals surface area (Å²) in [4.78, 5) is 29.4. The maximum absolute atomic E-state index is 11.9. The molecular formula is C16H17N3O2S. The number of fused-ring (bicyclic) bond motifs is 1. The first-order chi connectivity index (χ1) is 10.7. The van der Waals surface area contributed by atoms with Crippen molar-refractivity contribution in [2.24, 2.45) is 0 Å². The molecule has 0 aliphatic heterocycles. The highest BCUT2D eigenvalue weighted by atomic mass is 32.1. The molecule has 0 saturated carbocycles. The van der Waals surface area contributed by atoms with E-state index in [1.807, 2.05) is 18.2 Å². The zero-order chi connectivity index (χ0) is 15.4. The van der Waals surface area contributed by atoms with E-state index in [0.717, 1.165) is 25.0 Å². The third-order valence-corrected chi connectivity index (χ3v) is 4.59. The number of aromatic nitrogens is 1. The van der Waals surface area contributed by atoms with Gasteiger partial charge in [-0.3, -0.25) is 9.59 Å². The number of thiazole rings is 1. The van der Waals surface area contributed by atoms with Crippen molar-refractivity contribution in [3.05, 3.63) is 46.5 Å². The highest BCUT2D eigenvalue weighted by molar-refractivity contribution is 7.15. The van der Waals surface area contributed by atoms with Crippen LogP contribution in [0.25, 0.3) is 0 Å². The van der Waals surface area contributed by atoms with E-state index in [-0.39, 0.29) is 18.2 Å². The second-order valence-corrected chi connectivity index (χ2v) is 6.25. The van der Waals surface area contributed by atoms with Crippen LogP contribution in [0.4, 0.5) is 5.13 Å². The van der Waals surface area contributed by atoms with E-state index in [1.165, 1.54) is 4.88 Å². The molecule has 1 aromatic heterocycles. The number of carbonyl (C=O) groups is 2. The number of nitrogens with zero attached hydrogens (tertiary/aromatic N) is 1. The molecule has 114 valence electrons. The van der Waals surface area contributed by atoms with E-state index in [0.29, 0.717) is 17.2 Å². The largest absolute Gasteiger partial charge is 0.352 e. The number of benzene rings is 1. The molecule has 0 radical (unpaired) electrons. The summed E-state index contributed by atoms with van der Waals surface area (Å²) < 4.78 is 0. The molecule has 3 rings (SSSR count). The average molecular weight is 315 g/mol. The molecular weight excluding hydrogens is 298 g/mol. The van der Waals surface area contributed by atoms with Crippen molar-refractivity contribution in [3.63, 3.8) is 0 Å². The zero-order valence-corrected chi connectivity index (χ0v) is 12.9. The van der Waals surface area contributed by atoms with E-state index in [1.54, 1.807) is 23.5 Å². The number of aryl methyl sites for hydroxylation is 2. The number of amides is 2. The first-order valence-corrected chi connectivity index (χ1v) is 8.16. The van der Waals surface area contributed by atoms with Crippen molar-refractivity contribution < 1.29 is 9.59 Å². The van der Waals surface area contributed by atoms with E-state index in [4.69, 9.17) is 0 Å². The van der Waals surface area contributed by atoms with Crippen LogP contribution in [-0.4, -0.2) is 23.3 Å². The van der Waals surface area contributed by atoms with Crippen LogP contribution >= 0.6 is 11.3 Å². The van der Waals surface area contributed by atoms with Crippen LogP contribution in [0.1, 0.15) is 33.8 Å². The number of hydrogen-bond donors (Lipinski definition) is 2. The molecule has 0 unspecified atom stereocenters. The third-order valence-electron chi connectivity index (χ3n) is 3.52. The Morgan fingerprint density at radius 1 is 1.18 bits per heavy atom. The Bertz CT molecular complexity index is 660. The summed E-state index contributed by atoms with van der Waals surface area (Å²) in [5, 5.41) is 6.21. The number of nitrogens with one attached hydrogen (secondary N) is 2. The summed E-state index contributed by atoms with van der Waals surface area (Å²) >= 11 is 1.56. The Morgan fingerprint density at radius 2 is 2.00 bits per heavy atom. The Hall–Kier alpha value is -2.21. The number of rotatable bonds is 5. The zero-order valence-electron chi connectivity index (χ0n) is 12.1. The lowest BCUT2D eigenvalue weighted by Crippen LogP contribution is -2.27. The van der Waals surface area contributed by atoms with E-state index >= 15 is 0 Å². The minimum absolute atomic E-state index is 0.124. The van der Waals surface area contributed by atoms with Crippen LogP contribution in [0.15, 0.2) is 30.3 Å². The molecule has 5 nitrogen and oxygen atoms in total. The Morgan fingerprint density at radius 3 is 2.77 bits per heavy atom. The van der Waals surface area contributed by atoms with E-state index < -0.39 is 0 Å². The summed E-state index contributed by atoms with van der Waals surface area (Å²) in [6, 6.07) is 8.96. The Balaban J connectivity index is 1.43. The van der Waals surface area contributed by atoms with E-state index in [2.05, 4.69) is 15.6 Å². The lowest BCUT2D eigenvalue weighted by atomic mass is 10.2. The molecule has 1 aliphatic carbocycles. The van der Waals surface area contributed by atoms with Crippen molar-refractivity contribution in [3.8, 4) is 0 Å². The standard InChI is InChI=1S/C16H17N3O2S/c20-14(19-16-18-12-7-4-8-13(12)22-16)9-10-17-15(21)11-5-2-1-3-6-11/h1-3,5-6H,4,7-10H2,(H,17,21)(H,18,19,20). The van der Waals surface area contributed by atoms with Gasteiger partial charge in [0.25, 0.3) is 5.91 Å². The van der Waals surface area contributed by atoms with Gasteiger partial charge in [-0.15, -0.1) is 11.3 Å². The predicted octanol–water partition coefficient (Wildman–Crippen LogP) is 2.39. The van der Waals surface area contributed by atoms with Crippen molar-refractivity contribution in [2.75, 3.05) is 11.9 Å². The molecule has 0 fully saturated rings. The number of hydrogen-bond acceptors (Lipinski definition) is 4. The summed E-state index contributed by atoms with van der Waals surface area (Å²) in [6.45, 7) is 0.310. The monoisotopic (exact) mass is 315 g/mol. The number of carbonyl (C=O) groups excluding carboxylic acids is 2. The van der Waals surface area contributed by atoms with Gasteiger partial charge in [0, 0.05) is 23.4 Å². The second-order valence-electron chi connectivity index (χ2n) is 5.16. The number of anilines is 1. The lowest BCUT2D eigenvalue weighted by molar-refractivity contribution is -0.116. The van der Waals surface area contributed by atoms with Crippen molar-refractivity contribution in [1.82, 2.24) is 10.3 Å². The molecule has 0 bridgehead atoms. The smallest absolute Gasteiger partial charge is 0.251 e. The average Bonchev–Trinajstić information content (AvgIpc) is 3.09. The Labute approximate surface area is 132 Å². The van der Waals surface area contributed by atoms with Crippen molar-refractivity contribution in [2.45, 2.75) is 25.7 Å². The maximum Gasteiger partial charge on any atom is 0.251 e. The molecule has 1 aliphatic rings. The minimum atomic E-state index is -0.165. The lowest BCUT2D eigenvalue weighted by Gasteiger charge is -2.05.